The first-order valence-corrected chi connectivity index (χ1v) is 12.5. The average Bonchev–Trinajstić information content (AvgIpc) is 3.24. The van der Waals surface area contributed by atoms with E-state index in [1.54, 1.807) is 32.5 Å². The zero-order valence-corrected chi connectivity index (χ0v) is 21.9. The van der Waals surface area contributed by atoms with Crippen LogP contribution in [-0.4, -0.2) is 55.7 Å². The number of aromatic nitrogens is 3. The lowest BCUT2D eigenvalue weighted by Gasteiger charge is -2.28. The molecule has 0 unspecified atom stereocenters. The van der Waals surface area contributed by atoms with E-state index in [4.69, 9.17) is 29.0 Å². The minimum Gasteiger partial charge on any atom is -0.481 e. The Morgan fingerprint density at radius 2 is 1.80 bits per heavy atom. The van der Waals surface area contributed by atoms with E-state index in [2.05, 4.69) is 20.6 Å². The van der Waals surface area contributed by atoms with Gasteiger partial charge in [-0.3, -0.25) is 14.3 Å². The van der Waals surface area contributed by atoms with Gasteiger partial charge in [0.1, 0.15) is 5.52 Å². The highest BCUT2D eigenvalue weighted by Gasteiger charge is 2.26. The molecule has 0 aliphatic heterocycles. The van der Waals surface area contributed by atoms with Crippen LogP contribution in [0.1, 0.15) is 31.2 Å². The van der Waals surface area contributed by atoms with Crippen molar-refractivity contribution in [2.45, 2.75) is 38.3 Å². The predicted molar refractivity (Wildman–Crippen MR) is 144 cm³/mol. The maximum atomic E-state index is 13.0. The standard InChI is InChI=1S/C25H27N5O4.C2H2O4/c1-30-20-9-3-15(13-21(20)34-25(30)32)14-27-17-6-4-16(5-7-17)24(31)28-19-11-12-26-18-8-10-22(33-2)29-23(18)19;3-1(4)2(5)6/h3,8-13,16-17,27H,4-7,14H2,1-2H3,(H,26,28,31);(H,3,4)(H,5,6). The third-order valence-electron chi connectivity index (χ3n) is 6.76. The number of aliphatic carboxylic acids is 2. The van der Waals surface area contributed by atoms with Crippen molar-refractivity contribution in [1.82, 2.24) is 19.9 Å². The number of benzene rings is 1. The number of carboxylic acid groups (broad SMARTS) is 2. The number of fused-ring (bicyclic) bond motifs is 2. The molecule has 1 aromatic carbocycles. The molecule has 4 N–H and O–H groups in total. The number of carbonyl (C=O) groups is 3. The third-order valence-corrected chi connectivity index (χ3v) is 6.76. The van der Waals surface area contributed by atoms with E-state index in [1.165, 1.54) is 4.57 Å². The molecule has 1 aliphatic rings. The molecule has 0 spiro atoms. The number of nitrogens with one attached hydrogen (secondary N) is 2. The summed E-state index contributed by atoms with van der Waals surface area (Å²) in [5.41, 5.74) is 4.43. The van der Waals surface area contributed by atoms with Gasteiger partial charge in [0.25, 0.3) is 0 Å². The first-order valence-electron chi connectivity index (χ1n) is 12.5. The Morgan fingerprint density at radius 1 is 1.07 bits per heavy atom. The lowest BCUT2D eigenvalue weighted by atomic mass is 9.85. The summed E-state index contributed by atoms with van der Waals surface area (Å²) in [7, 11) is 3.26. The highest BCUT2D eigenvalue weighted by atomic mass is 16.5. The molecule has 1 saturated carbocycles. The summed E-state index contributed by atoms with van der Waals surface area (Å²) in [4.78, 5) is 51.6. The molecule has 0 bridgehead atoms. The molecule has 0 saturated heterocycles. The molecule has 40 heavy (non-hydrogen) atoms. The van der Waals surface area contributed by atoms with Crippen molar-refractivity contribution in [3.8, 4) is 5.88 Å². The van der Waals surface area contributed by atoms with Crippen LogP contribution in [0.15, 0.2) is 51.8 Å². The lowest BCUT2D eigenvalue weighted by molar-refractivity contribution is -0.159. The molecular weight excluding hydrogens is 522 g/mol. The van der Waals surface area contributed by atoms with Gasteiger partial charge in [-0.2, -0.15) is 0 Å². The van der Waals surface area contributed by atoms with Crippen molar-refractivity contribution in [2.24, 2.45) is 13.0 Å². The van der Waals surface area contributed by atoms with Gasteiger partial charge in [-0.05, 0) is 55.5 Å². The first kappa shape index (κ1) is 28.2. The second-order valence-corrected chi connectivity index (χ2v) is 9.34. The summed E-state index contributed by atoms with van der Waals surface area (Å²) < 4.78 is 12.0. The van der Waals surface area contributed by atoms with E-state index in [0.29, 0.717) is 40.8 Å². The molecule has 3 heterocycles. The maximum absolute atomic E-state index is 13.0. The molecule has 4 aromatic rings. The Morgan fingerprint density at radius 3 is 2.48 bits per heavy atom. The van der Waals surface area contributed by atoms with E-state index < -0.39 is 11.9 Å². The third kappa shape index (κ3) is 6.61. The number of carbonyl (C=O) groups excluding carboxylic acids is 1. The smallest absolute Gasteiger partial charge is 0.419 e. The molecule has 0 radical (unpaired) electrons. The van der Waals surface area contributed by atoms with Crippen LogP contribution in [0.4, 0.5) is 5.69 Å². The number of aryl methyl sites for hydroxylation is 1. The Kier molecular flexibility index (Phi) is 8.74. The number of anilines is 1. The van der Waals surface area contributed by atoms with E-state index in [-0.39, 0.29) is 17.6 Å². The summed E-state index contributed by atoms with van der Waals surface area (Å²) in [6.07, 6.45) is 5.14. The Hall–Kier alpha value is -4.78. The van der Waals surface area contributed by atoms with Crippen LogP contribution < -0.4 is 21.1 Å². The molecular formula is C27H29N5O8. The number of methoxy groups -OCH3 is 1. The van der Waals surface area contributed by atoms with Crippen LogP contribution in [0.25, 0.3) is 22.1 Å². The number of pyridine rings is 2. The van der Waals surface area contributed by atoms with E-state index in [9.17, 15) is 9.59 Å². The molecule has 5 rings (SSSR count). The second-order valence-electron chi connectivity index (χ2n) is 9.34. The van der Waals surface area contributed by atoms with Crippen molar-refractivity contribution in [1.29, 1.82) is 0 Å². The number of nitrogens with zero attached hydrogens (tertiary/aromatic N) is 3. The van der Waals surface area contributed by atoms with E-state index in [1.807, 2.05) is 24.3 Å². The monoisotopic (exact) mass is 551 g/mol. The zero-order chi connectivity index (χ0) is 28.8. The fraction of sp³-hybridized carbons (Fsp3) is 0.333. The van der Waals surface area contributed by atoms with Gasteiger partial charge in [0.05, 0.1) is 23.8 Å². The number of hydrogen-bond acceptors (Lipinski definition) is 9. The van der Waals surface area contributed by atoms with Crippen molar-refractivity contribution in [3.05, 3.63) is 58.7 Å². The van der Waals surface area contributed by atoms with Crippen LogP contribution in [0.5, 0.6) is 5.88 Å². The topological polar surface area (TPSA) is 186 Å². The van der Waals surface area contributed by atoms with Crippen LogP contribution in [0.3, 0.4) is 0 Å². The fourth-order valence-electron chi connectivity index (χ4n) is 4.57. The Labute approximate surface area is 227 Å². The predicted octanol–water partition coefficient (Wildman–Crippen LogP) is 2.53. The quantitative estimate of drug-likeness (QED) is 0.258. The van der Waals surface area contributed by atoms with E-state index in [0.717, 1.165) is 36.8 Å². The number of oxazole rings is 1. The van der Waals surface area contributed by atoms with Gasteiger partial charge in [-0.25, -0.2) is 19.4 Å². The second kappa shape index (κ2) is 12.4. The van der Waals surface area contributed by atoms with Gasteiger partial charge in [0.15, 0.2) is 5.58 Å². The van der Waals surface area contributed by atoms with Gasteiger partial charge in [0.2, 0.25) is 11.8 Å². The number of rotatable bonds is 6. The zero-order valence-electron chi connectivity index (χ0n) is 21.9. The minimum atomic E-state index is -1.82. The number of amides is 1. The number of ether oxygens (including phenoxy) is 1. The van der Waals surface area contributed by atoms with Gasteiger partial charge in [-0.15, -0.1) is 0 Å². The van der Waals surface area contributed by atoms with Crippen molar-refractivity contribution in [2.75, 3.05) is 12.4 Å². The molecule has 3 aromatic heterocycles. The highest BCUT2D eigenvalue weighted by Crippen LogP contribution is 2.28. The summed E-state index contributed by atoms with van der Waals surface area (Å²) >= 11 is 0. The molecule has 13 nitrogen and oxygen atoms in total. The van der Waals surface area contributed by atoms with Gasteiger partial charge >= 0.3 is 17.7 Å². The summed E-state index contributed by atoms with van der Waals surface area (Å²) in [5, 5.41) is 21.4. The minimum absolute atomic E-state index is 0.0140. The first-order chi connectivity index (χ1) is 19.2. The number of hydrogen-bond donors (Lipinski definition) is 4. The summed E-state index contributed by atoms with van der Waals surface area (Å²) in [5.74, 6) is -3.55. The Balaban J connectivity index is 0.000000557. The normalized spacial score (nSPS) is 16.6. The molecule has 1 fully saturated rings. The highest BCUT2D eigenvalue weighted by molar-refractivity contribution is 6.27. The Bertz CT molecular complexity index is 1590. The van der Waals surface area contributed by atoms with Crippen molar-refractivity contribution in [3.63, 3.8) is 0 Å². The van der Waals surface area contributed by atoms with Gasteiger partial charge in [-0.1, -0.05) is 6.07 Å². The molecule has 0 atom stereocenters. The van der Waals surface area contributed by atoms with Crippen molar-refractivity contribution < 1.29 is 33.8 Å². The molecule has 1 amide bonds. The van der Waals surface area contributed by atoms with Gasteiger partial charge < -0.3 is 30.0 Å². The largest absolute Gasteiger partial charge is 0.481 e. The van der Waals surface area contributed by atoms with Crippen LogP contribution in [0, 0.1) is 5.92 Å². The van der Waals surface area contributed by atoms with Crippen LogP contribution >= 0.6 is 0 Å². The molecule has 13 heteroatoms. The summed E-state index contributed by atoms with van der Waals surface area (Å²) in [6, 6.07) is 11.5. The molecule has 210 valence electrons. The van der Waals surface area contributed by atoms with Crippen LogP contribution in [0.2, 0.25) is 0 Å². The average molecular weight is 552 g/mol. The fourth-order valence-corrected chi connectivity index (χ4v) is 4.57. The lowest BCUT2D eigenvalue weighted by Crippen LogP contribution is -2.36. The van der Waals surface area contributed by atoms with Gasteiger partial charge in [0, 0.05) is 37.8 Å². The molecule has 1 aliphatic carbocycles. The number of carboxylic acids is 2. The maximum Gasteiger partial charge on any atom is 0.419 e. The summed E-state index contributed by atoms with van der Waals surface area (Å²) in [6.45, 7) is 0.687. The van der Waals surface area contributed by atoms with E-state index >= 15 is 0 Å². The SMILES string of the molecule is COc1ccc2nccc(NC(=O)C3CCC(NCc4ccc5c(c4)oc(=O)n5C)CC3)c2n1.O=C(O)C(=O)O. The van der Waals surface area contributed by atoms with Crippen molar-refractivity contribution >= 4 is 45.7 Å². The van der Waals surface area contributed by atoms with Crippen LogP contribution in [-0.2, 0) is 28.0 Å².